The van der Waals surface area contributed by atoms with Gasteiger partial charge in [-0.3, -0.25) is 0 Å². The van der Waals surface area contributed by atoms with Crippen LogP contribution in [0.1, 0.15) is 45.2 Å². The van der Waals surface area contributed by atoms with Crippen molar-refractivity contribution >= 4 is 5.69 Å². The molecule has 116 valence electrons. The number of benzene rings is 1. The maximum Gasteiger partial charge on any atom is 0.125 e. The Balaban J connectivity index is 2.31. The molecule has 1 heterocycles. The molecule has 0 spiro atoms. The van der Waals surface area contributed by atoms with Crippen molar-refractivity contribution in [3.8, 4) is 5.75 Å². The van der Waals surface area contributed by atoms with E-state index in [-0.39, 0.29) is 0 Å². The summed E-state index contributed by atoms with van der Waals surface area (Å²) in [7, 11) is 1.76. The van der Waals surface area contributed by atoms with E-state index in [9.17, 15) is 0 Å². The van der Waals surface area contributed by atoms with Crippen molar-refractivity contribution in [3.05, 3.63) is 35.4 Å². The average molecular weight is 288 g/mol. The van der Waals surface area contributed by atoms with Crippen LogP contribution in [0.25, 0.3) is 0 Å². The third-order valence-corrected chi connectivity index (χ3v) is 4.17. The van der Waals surface area contributed by atoms with Gasteiger partial charge >= 0.3 is 0 Å². The maximum absolute atomic E-state index is 5.62. The highest BCUT2D eigenvalue weighted by molar-refractivity contribution is 5.61. The Bertz CT molecular complexity index is 496. The van der Waals surface area contributed by atoms with Gasteiger partial charge in [0.15, 0.2) is 0 Å². The van der Waals surface area contributed by atoms with Gasteiger partial charge in [-0.1, -0.05) is 24.6 Å². The van der Waals surface area contributed by atoms with Gasteiger partial charge in [0.1, 0.15) is 5.75 Å². The zero-order valence-corrected chi connectivity index (χ0v) is 13.8. The first-order valence-electron chi connectivity index (χ1n) is 7.98. The quantitative estimate of drug-likeness (QED) is 0.803. The van der Waals surface area contributed by atoms with E-state index < -0.39 is 0 Å². The summed E-state index contributed by atoms with van der Waals surface area (Å²) in [6, 6.07) is 6.67. The van der Waals surface area contributed by atoms with E-state index >= 15 is 0 Å². The monoisotopic (exact) mass is 288 g/mol. The first-order chi connectivity index (χ1) is 10.2. The maximum atomic E-state index is 5.62. The Morgan fingerprint density at radius 1 is 1.38 bits per heavy atom. The van der Waals surface area contributed by atoms with Gasteiger partial charge in [0.05, 0.1) is 7.11 Å². The summed E-state index contributed by atoms with van der Waals surface area (Å²) in [6.45, 7) is 9.74. The largest absolute Gasteiger partial charge is 0.496 e. The molecule has 0 aliphatic carbocycles. The van der Waals surface area contributed by atoms with Gasteiger partial charge in [-0.25, -0.2) is 0 Å². The van der Waals surface area contributed by atoms with Crippen molar-refractivity contribution in [2.75, 3.05) is 31.6 Å². The Kier molecular flexibility index (Phi) is 5.68. The van der Waals surface area contributed by atoms with E-state index in [0.717, 1.165) is 38.2 Å². The summed E-state index contributed by atoms with van der Waals surface area (Å²) in [4.78, 5) is 2.45. The van der Waals surface area contributed by atoms with Crippen LogP contribution in [0.15, 0.2) is 29.8 Å². The highest BCUT2D eigenvalue weighted by Crippen LogP contribution is 2.35. The van der Waals surface area contributed by atoms with Crippen molar-refractivity contribution < 1.29 is 4.74 Å². The Morgan fingerprint density at radius 3 is 2.81 bits per heavy atom. The number of ether oxygens (including phenoxy) is 1. The van der Waals surface area contributed by atoms with Crippen molar-refractivity contribution in [3.63, 3.8) is 0 Å². The lowest BCUT2D eigenvalue weighted by atomic mass is 10.0. The molecule has 1 N–H and O–H groups in total. The molecule has 0 radical (unpaired) electrons. The number of nitrogens with one attached hydrogen (secondary N) is 1. The molecule has 1 aromatic carbocycles. The Hall–Kier alpha value is -1.48. The second-order valence-corrected chi connectivity index (χ2v) is 5.82. The highest BCUT2D eigenvalue weighted by Gasteiger charge is 2.20. The van der Waals surface area contributed by atoms with Crippen LogP contribution in [0.2, 0.25) is 0 Å². The molecule has 0 saturated carbocycles. The number of hydrogen-bond donors (Lipinski definition) is 1. The molecule has 1 aliphatic rings. The zero-order chi connectivity index (χ0) is 15.2. The lowest BCUT2D eigenvalue weighted by molar-refractivity contribution is 0.401. The van der Waals surface area contributed by atoms with E-state index in [4.69, 9.17) is 4.74 Å². The average Bonchev–Trinajstić information content (AvgIpc) is 2.52. The predicted molar refractivity (Wildman–Crippen MR) is 90.3 cm³/mol. The third-order valence-electron chi connectivity index (χ3n) is 4.17. The first kappa shape index (κ1) is 15.9. The minimum Gasteiger partial charge on any atom is -0.496 e. The fraction of sp³-hybridized carbons (Fsp3) is 0.556. The van der Waals surface area contributed by atoms with Gasteiger partial charge in [0, 0.05) is 30.4 Å². The normalized spacial score (nSPS) is 16.6. The minimum atomic E-state index is 0.295. The van der Waals surface area contributed by atoms with E-state index in [1.54, 1.807) is 7.11 Å². The zero-order valence-electron chi connectivity index (χ0n) is 13.8. The molecule has 0 fully saturated rings. The number of methoxy groups -OCH3 is 1. The molecule has 1 aromatic rings. The molecule has 0 aromatic heterocycles. The summed E-state index contributed by atoms with van der Waals surface area (Å²) >= 11 is 0. The molecular formula is C18H28N2O. The van der Waals surface area contributed by atoms with E-state index in [1.165, 1.54) is 16.8 Å². The molecule has 21 heavy (non-hydrogen) atoms. The second kappa shape index (κ2) is 7.51. The Labute approximate surface area is 129 Å². The summed E-state index contributed by atoms with van der Waals surface area (Å²) in [6.07, 6.45) is 4.62. The third kappa shape index (κ3) is 3.79. The van der Waals surface area contributed by atoms with E-state index in [0.29, 0.717) is 6.04 Å². The van der Waals surface area contributed by atoms with Crippen LogP contribution in [0.3, 0.4) is 0 Å². The summed E-state index contributed by atoms with van der Waals surface area (Å²) in [5, 5.41) is 3.59. The van der Waals surface area contributed by atoms with Crippen molar-refractivity contribution in [2.24, 2.45) is 0 Å². The van der Waals surface area contributed by atoms with Crippen LogP contribution in [-0.4, -0.2) is 26.7 Å². The fourth-order valence-corrected chi connectivity index (χ4v) is 2.87. The van der Waals surface area contributed by atoms with Crippen LogP contribution in [0.4, 0.5) is 5.69 Å². The van der Waals surface area contributed by atoms with Crippen molar-refractivity contribution in [2.45, 2.75) is 39.7 Å². The van der Waals surface area contributed by atoms with E-state index in [1.807, 2.05) is 0 Å². The molecule has 1 atom stereocenters. The van der Waals surface area contributed by atoms with Crippen molar-refractivity contribution in [1.29, 1.82) is 0 Å². The molecule has 0 bridgehead atoms. The molecule has 0 amide bonds. The van der Waals surface area contributed by atoms with Crippen molar-refractivity contribution in [1.82, 2.24) is 5.32 Å². The molecule has 3 heteroatoms. The predicted octanol–water partition coefficient (Wildman–Crippen LogP) is 3.91. The highest BCUT2D eigenvalue weighted by atomic mass is 16.5. The lowest BCUT2D eigenvalue weighted by Crippen LogP contribution is -2.31. The van der Waals surface area contributed by atoms with Gasteiger partial charge in [0.25, 0.3) is 0 Å². The lowest BCUT2D eigenvalue weighted by Gasteiger charge is -2.32. The second-order valence-electron chi connectivity index (χ2n) is 5.82. The van der Waals surface area contributed by atoms with E-state index in [2.05, 4.69) is 55.3 Å². The smallest absolute Gasteiger partial charge is 0.125 e. The molecule has 2 rings (SSSR count). The SMILES string of the molecule is CCCNC(C)c1c(OC)cccc1N1CC=C(C)CC1. The van der Waals surface area contributed by atoms with Crippen LogP contribution in [-0.2, 0) is 0 Å². The topological polar surface area (TPSA) is 24.5 Å². The summed E-state index contributed by atoms with van der Waals surface area (Å²) in [5.41, 5.74) is 4.07. The van der Waals surface area contributed by atoms with Crippen LogP contribution in [0, 0.1) is 0 Å². The number of nitrogens with zero attached hydrogens (tertiary/aromatic N) is 1. The van der Waals surface area contributed by atoms with Gasteiger partial charge in [0.2, 0.25) is 0 Å². The Morgan fingerprint density at radius 2 is 2.19 bits per heavy atom. The minimum absolute atomic E-state index is 0.295. The van der Waals surface area contributed by atoms with Gasteiger partial charge in [-0.05, 0) is 45.4 Å². The van der Waals surface area contributed by atoms with Crippen LogP contribution < -0.4 is 15.0 Å². The van der Waals surface area contributed by atoms with Gasteiger partial charge in [-0.2, -0.15) is 0 Å². The number of rotatable bonds is 6. The summed E-state index contributed by atoms with van der Waals surface area (Å²) < 4.78 is 5.62. The number of hydrogen-bond acceptors (Lipinski definition) is 3. The van der Waals surface area contributed by atoms with Gasteiger partial charge in [-0.15, -0.1) is 0 Å². The molecule has 1 unspecified atom stereocenters. The molecule has 3 nitrogen and oxygen atoms in total. The first-order valence-corrected chi connectivity index (χ1v) is 7.98. The molecule has 1 aliphatic heterocycles. The fourth-order valence-electron chi connectivity index (χ4n) is 2.87. The molecular weight excluding hydrogens is 260 g/mol. The van der Waals surface area contributed by atoms with Gasteiger partial charge < -0.3 is 15.0 Å². The van der Waals surface area contributed by atoms with Crippen LogP contribution in [0.5, 0.6) is 5.75 Å². The molecule has 0 saturated heterocycles. The van der Waals surface area contributed by atoms with Crippen LogP contribution >= 0.6 is 0 Å². The summed E-state index contributed by atoms with van der Waals surface area (Å²) in [5.74, 6) is 0.981. The standard InChI is InChI=1S/C18H28N2O/c1-5-11-19-15(3)18-16(7-6-8-17(18)21-4)20-12-9-14(2)10-13-20/h6-9,15,19H,5,10-13H2,1-4H3. The number of anilines is 1.